The van der Waals surface area contributed by atoms with Gasteiger partial charge in [-0.25, -0.2) is 4.79 Å². The molecule has 11 heteroatoms. The van der Waals surface area contributed by atoms with Crippen LogP contribution in [0.1, 0.15) is 16.9 Å². The number of nitrogens with one attached hydrogen (secondary N) is 1. The molecule has 0 saturated carbocycles. The molecule has 0 aliphatic rings. The largest absolute Gasteiger partial charge is 0.505 e. The first kappa shape index (κ1) is 19.1. The number of primary amides is 1. The Labute approximate surface area is 154 Å². The summed E-state index contributed by atoms with van der Waals surface area (Å²) in [5.41, 5.74) is 3.98. The van der Waals surface area contributed by atoms with Crippen LogP contribution in [-0.2, 0) is 9.59 Å². The van der Waals surface area contributed by atoms with Crippen molar-refractivity contribution in [3.63, 3.8) is 0 Å². The zero-order valence-corrected chi connectivity index (χ0v) is 14.6. The molecule has 1 heterocycles. The number of benzene rings is 1. The molecule has 2 aromatic rings. The number of carboxylic acid groups (broad SMARTS) is 1. The molecular formula is C15H13BrN4O6. The molecule has 5 N–H and O–H groups in total. The number of halogens is 1. The number of hydrogen-bond donors (Lipinski definition) is 4. The maximum atomic E-state index is 12.2. The second-order valence-electron chi connectivity index (χ2n) is 5.14. The molecule has 0 radical (unpaired) electrons. The van der Waals surface area contributed by atoms with Gasteiger partial charge in [0, 0.05) is 10.5 Å². The van der Waals surface area contributed by atoms with E-state index < -0.39 is 47.2 Å². The number of aliphatic carboxylic acids is 1. The van der Waals surface area contributed by atoms with Crippen LogP contribution in [0.4, 0.5) is 0 Å². The normalized spacial score (nSPS) is 11.6. The molecule has 0 aliphatic heterocycles. The lowest BCUT2D eigenvalue weighted by molar-refractivity contribution is -0.140. The third-order valence-electron chi connectivity index (χ3n) is 3.21. The highest BCUT2D eigenvalue weighted by molar-refractivity contribution is 9.10. The van der Waals surface area contributed by atoms with E-state index in [-0.39, 0.29) is 0 Å². The van der Waals surface area contributed by atoms with E-state index in [2.05, 4.69) is 21.0 Å². The summed E-state index contributed by atoms with van der Waals surface area (Å²) < 4.78 is 1.62. The van der Waals surface area contributed by atoms with E-state index in [0.717, 1.165) is 15.2 Å². The van der Waals surface area contributed by atoms with Gasteiger partial charge in [0.2, 0.25) is 5.91 Å². The third kappa shape index (κ3) is 4.45. The van der Waals surface area contributed by atoms with Crippen LogP contribution in [0.5, 0.6) is 5.75 Å². The Morgan fingerprint density at radius 1 is 1.27 bits per heavy atom. The van der Waals surface area contributed by atoms with Gasteiger partial charge in [-0.3, -0.25) is 14.4 Å². The number of hydrogen-bond acceptors (Lipinski definition) is 6. The number of aromatic hydroxyl groups is 1. The fourth-order valence-electron chi connectivity index (χ4n) is 2.00. The zero-order valence-electron chi connectivity index (χ0n) is 13.0. The Morgan fingerprint density at radius 3 is 2.42 bits per heavy atom. The summed E-state index contributed by atoms with van der Waals surface area (Å²) in [6, 6.07) is 5.55. The predicted molar refractivity (Wildman–Crippen MR) is 91.9 cm³/mol. The lowest BCUT2D eigenvalue weighted by atomic mass is 10.2. The van der Waals surface area contributed by atoms with E-state index in [9.17, 15) is 24.3 Å². The number of nitrogens with zero attached hydrogens (tertiary/aromatic N) is 2. The third-order valence-corrected chi connectivity index (χ3v) is 3.74. The standard InChI is InChI=1S/C15H13BrN4O6/c16-7-1-3-8(4-2-7)20-12(23)6-10(21)13(19-20)14(24)18-9(15(25)26)5-11(17)22/h1-4,6,9,21H,5H2,(H2,17,22)(H,18,24)(H,25,26). The van der Waals surface area contributed by atoms with Crippen LogP contribution in [0.3, 0.4) is 0 Å². The van der Waals surface area contributed by atoms with Crippen molar-refractivity contribution in [1.29, 1.82) is 0 Å². The number of carbonyl (C=O) groups excluding carboxylic acids is 2. The van der Waals surface area contributed by atoms with Gasteiger partial charge in [0.15, 0.2) is 11.4 Å². The minimum atomic E-state index is -1.60. The Kier molecular flexibility index (Phi) is 5.72. The van der Waals surface area contributed by atoms with E-state index in [1.165, 1.54) is 0 Å². The van der Waals surface area contributed by atoms with Crippen LogP contribution in [-0.4, -0.2) is 43.8 Å². The number of aromatic nitrogens is 2. The van der Waals surface area contributed by atoms with Gasteiger partial charge in [-0.2, -0.15) is 9.78 Å². The summed E-state index contributed by atoms with van der Waals surface area (Å²) in [5.74, 6) is -4.24. The number of nitrogens with two attached hydrogens (primary N) is 1. The fourth-order valence-corrected chi connectivity index (χ4v) is 2.27. The molecule has 1 unspecified atom stereocenters. The van der Waals surface area contributed by atoms with Crippen LogP contribution in [0, 0.1) is 0 Å². The highest BCUT2D eigenvalue weighted by Crippen LogP contribution is 2.15. The van der Waals surface area contributed by atoms with Gasteiger partial charge in [-0.1, -0.05) is 15.9 Å². The van der Waals surface area contributed by atoms with Crippen LogP contribution >= 0.6 is 15.9 Å². The number of carbonyl (C=O) groups is 3. The van der Waals surface area contributed by atoms with Crippen molar-refractivity contribution in [1.82, 2.24) is 15.1 Å². The molecule has 0 fully saturated rings. The minimum Gasteiger partial charge on any atom is -0.505 e. The predicted octanol–water partition coefficient (Wildman–Crippen LogP) is -0.241. The topological polar surface area (TPSA) is 165 Å². The quantitative estimate of drug-likeness (QED) is 0.496. The summed E-state index contributed by atoms with van der Waals surface area (Å²) in [6.45, 7) is 0. The molecule has 136 valence electrons. The first-order valence-electron chi connectivity index (χ1n) is 7.10. The van der Waals surface area contributed by atoms with E-state index in [0.29, 0.717) is 5.69 Å². The van der Waals surface area contributed by atoms with Crippen molar-refractivity contribution in [2.45, 2.75) is 12.5 Å². The van der Waals surface area contributed by atoms with Crippen molar-refractivity contribution >= 4 is 33.7 Å². The second-order valence-corrected chi connectivity index (χ2v) is 6.06. The van der Waals surface area contributed by atoms with Crippen LogP contribution in [0.2, 0.25) is 0 Å². The monoisotopic (exact) mass is 424 g/mol. The molecule has 1 aromatic carbocycles. The molecule has 0 saturated heterocycles. The van der Waals surface area contributed by atoms with Gasteiger partial charge in [-0.05, 0) is 24.3 Å². The molecule has 1 aromatic heterocycles. The molecule has 2 rings (SSSR count). The Bertz CT molecular complexity index is 925. The number of rotatable bonds is 6. The summed E-state index contributed by atoms with van der Waals surface area (Å²) in [6.07, 6.45) is -0.645. The molecule has 0 spiro atoms. The van der Waals surface area contributed by atoms with Gasteiger partial charge in [0.1, 0.15) is 6.04 Å². The molecule has 1 atom stereocenters. The highest BCUT2D eigenvalue weighted by atomic mass is 79.9. The van der Waals surface area contributed by atoms with E-state index in [1.807, 2.05) is 5.32 Å². The van der Waals surface area contributed by atoms with Crippen molar-refractivity contribution < 1.29 is 24.6 Å². The van der Waals surface area contributed by atoms with Gasteiger partial charge in [0.05, 0.1) is 12.1 Å². The van der Waals surface area contributed by atoms with Crippen molar-refractivity contribution in [3.8, 4) is 11.4 Å². The average molecular weight is 425 g/mol. The first-order chi connectivity index (χ1) is 12.2. The summed E-state index contributed by atoms with van der Waals surface area (Å²) in [7, 11) is 0. The second kappa shape index (κ2) is 7.78. The Morgan fingerprint density at radius 2 is 1.88 bits per heavy atom. The van der Waals surface area contributed by atoms with Crippen LogP contribution < -0.4 is 16.6 Å². The summed E-state index contributed by atoms with van der Waals surface area (Å²) in [4.78, 5) is 46.3. The fraction of sp³-hybridized carbons (Fsp3) is 0.133. The van der Waals surface area contributed by atoms with Crippen LogP contribution in [0.15, 0.2) is 39.6 Å². The van der Waals surface area contributed by atoms with E-state index in [1.54, 1.807) is 24.3 Å². The van der Waals surface area contributed by atoms with E-state index in [4.69, 9.17) is 10.8 Å². The lowest BCUT2D eigenvalue weighted by Crippen LogP contribution is -2.44. The first-order valence-corrected chi connectivity index (χ1v) is 7.89. The summed E-state index contributed by atoms with van der Waals surface area (Å²) in [5, 5.41) is 24.7. The maximum Gasteiger partial charge on any atom is 0.326 e. The SMILES string of the molecule is NC(=O)CC(NC(=O)c1nn(-c2ccc(Br)cc2)c(=O)cc1O)C(=O)O. The van der Waals surface area contributed by atoms with Crippen molar-refractivity contribution in [2.75, 3.05) is 0 Å². The van der Waals surface area contributed by atoms with Crippen LogP contribution in [0.25, 0.3) is 5.69 Å². The van der Waals surface area contributed by atoms with Crippen molar-refractivity contribution in [3.05, 3.63) is 50.9 Å². The number of amides is 2. The molecule has 0 bridgehead atoms. The zero-order chi connectivity index (χ0) is 19.4. The molecule has 26 heavy (non-hydrogen) atoms. The highest BCUT2D eigenvalue weighted by Gasteiger charge is 2.25. The van der Waals surface area contributed by atoms with Crippen molar-refractivity contribution in [2.24, 2.45) is 5.73 Å². The summed E-state index contributed by atoms with van der Waals surface area (Å²) >= 11 is 3.24. The van der Waals surface area contributed by atoms with E-state index >= 15 is 0 Å². The maximum absolute atomic E-state index is 12.2. The molecule has 2 amide bonds. The molecule has 0 aliphatic carbocycles. The number of carboxylic acids is 1. The Balaban J connectivity index is 2.39. The van der Waals surface area contributed by atoms with Gasteiger partial charge in [0.25, 0.3) is 11.5 Å². The Hall–Kier alpha value is -3.21. The van der Waals surface area contributed by atoms with Gasteiger partial charge < -0.3 is 21.3 Å². The van der Waals surface area contributed by atoms with Gasteiger partial charge in [-0.15, -0.1) is 0 Å². The lowest BCUT2D eigenvalue weighted by Gasteiger charge is -2.14. The van der Waals surface area contributed by atoms with Gasteiger partial charge >= 0.3 is 5.97 Å². The average Bonchev–Trinajstić information content (AvgIpc) is 2.54. The smallest absolute Gasteiger partial charge is 0.326 e. The molecule has 10 nitrogen and oxygen atoms in total. The minimum absolute atomic E-state index is 0.319. The molecular weight excluding hydrogens is 412 g/mol.